The number of aryl methyl sites for hydroxylation is 1. The monoisotopic (exact) mass is 561 g/mol. The molecule has 15 heteroatoms. The van der Waals surface area contributed by atoms with Crippen LogP contribution in [0.15, 0.2) is 47.4 Å². The molecule has 1 saturated heterocycles. The summed E-state index contributed by atoms with van der Waals surface area (Å²) in [7, 11) is -3.93. The largest absolute Gasteiger partial charge is 0.490 e. The molecule has 0 saturated carbocycles. The molecule has 1 heterocycles. The third-order valence-corrected chi connectivity index (χ3v) is 6.54. The molecule has 208 valence electrons. The highest BCUT2D eigenvalue weighted by Gasteiger charge is 2.38. The number of halogens is 3. The van der Waals surface area contributed by atoms with Crippen LogP contribution in [-0.2, 0) is 19.6 Å². The van der Waals surface area contributed by atoms with E-state index in [2.05, 4.69) is 4.72 Å². The number of piperazine rings is 1. The minimum atomic E-state index is -5.08. The third kappa shape index (κ3) is 8.26. The predicted molar refractivity (Wildman–Crippen MR) is 130 cm³/mol. The molecule has 11 nitrogen and oxygen atoms in total. The van der Waals surface area contributed by atoms with Crippen LogP contribution in [0, 0.1) is 6.92 Å². The Hall–Kier alpha value is -4.01. The van der Waals surface area contributed by atoms with Crippen LogP contribution in [0.1, 0.15) is 22.8 Å². The Balaban J connectivity index is 0.000000638. The van der Waals surface area contributed by atoms with E-state index in [4.69, 9.17) is 14.6 Å². The number of nitrogens with zero attached hydrogens (tertiary/aromatic N) is 2. The average molecular weight is 562 g/mol. The van der Waals surface area contributed by atoms with Gasteiger partial charge in [0.25, 0.3) is 10.0 Å². The predicted octanol–water partition coefficient (Wildman–Crippen LogP) is 3.41. The van der Waals surface area contributed by atoms with Crippen LogP contribution >= 0.6 is 0 Å². The second kappa shape index (κ2) is 12.5. The van der Waals surface area contributed by atoms with Crippen LogP contribution in [0.3, 0.4) is 0 Å². The first-order chi connectivity index (χ1) is 17.7. The van der Waals surface area contributed by atoms with Gasteiger partial charge in [-0.25, -0.2) is 22.8 Å². The molecule has 1 amide bonds. The third-order valence-electron chi connectivity index (χ3n) is 5.18. The fourth-order valence-corrected chi connectivity index (χ4v) is 4.53. The van der Waals surface area contributed by atoms with E-state index < -0.39 is 28.1 Å². The lowest BCUT2D eigenvalue weighted by atomic mass is 10.1. The normalized spacial score (nSPS) is 13.7. The number of sulfonamides is 1. The van der Waals surface area contributed by atoms with Crippen molar-refractivity contribution in [2.24, 2.45) is 0 Å². The van der Waals surface area contributed by atoms with Gasteiger partial charge in [-0.3, -0.25) is 4.72 Å². The number of aliphatic carboxylic acids is 1. The summed E-state index contributed by atoms with van der Waals surface area (Å²) in [6.45, 7) is 5.53. The standard InChI is InChI=1S/C21H25N3O6S.C2HF3O2/c1-3-30-21(27)24-11-9-23(10-12-24)19-8-7-16(20(25)26)14-18(19)22-31(28,29)17-6-4-5-15(2)13-17;3-2(4,5)1(6)7/h4-8,13-14,22H,3,9-12H2,1-2H3,(H,25,26);(H,6,7). The van der Waals surface area contributed by atoms with E-state index in [1.54, 1.807) is 43.0 Å². The molecular formula is C23H26F3N3O8S. The average Bonchev–Trinajstić information content (AvgIpc) is 2.84. The molecule has 0 spiro atoms. The first-order valence-electron chi connectivity index (χ1n) is 11.1. The fraction of sp³-hybridized carbons (Fsp3) is 0.348. The summed E-state index contributed by atoms with van der Waals surface area (Å²) in [5.41, 5.74) is 1.48. The highest BCUT2D eigenvalue weighted by molar-refractivity contribution is 7.92. The second-order valence-corrected chi connectivity index (χ2v) is 9.62. The van der Waals surface area contributed by atoms with E-state index in [-0.39, 0.29) is 22.2 Å². The second-order valence-electron chi connectivity index (χ2n) is 7.94. The molecule has 0 bridgehead atoms. The van der Waals surface area contributed by atoms with Crippen molar-refractivity contribution in [1.82, 2.24) is 4.90 Å². The van der Waals surface area contributed by atoms with Gasteiger partial charge in [-0.2, -0.15) is 13.2 Å². The summed E-state index contributed by atoms with van der Waals surface area (Å²) in [6.07, 6.45) is -5.47. The van der Waals surface area contributed by atoms with Crippen LogP contribution in [0.25, 0.3) is 0 Å². The number of ether oxygens (including phenoxy) is 1. The van der Waals surface area contributed by atoms with Crippen LogP contribution in [-0.4, -0.2) is 80.5 Å². The molecule has 0 atom stereocenters. The molecule has 1 aliphatic heterocycles. The lowest BCUT2D eigenvalue weighted by Crippen LogP contribution is -2.49. The first-order valence-corrected chi connectivity index (χ1v) is 12.6. The fourth-order valence-electron chi connectivity index (χ4n) is 3.36. The number of carboxylic acid groups (broad SMARTS) is 2. The Bertz CT molecular complexity index is 1280. The Kier molecular flexibility index (Phi) is 9.93. The Morgan fingerprint density at radius 3 is 2.13 bits per heavy atom. The van der Waals surface area contributed by atoms with Gasteiger partial charge in [0.2, 0.25) is 0 Å². The zero-order valence-electron chi connectivity index (χ0n) is 20.4. The van der Waals surface area contributed by atoms with E-state index in [1.165, 1.54) is 18.2 Å². The lowest BCUT2D eigenvalue weighted by molar-refractivity contribution is -0.192. The highest BCUT2D eigenvalue weighted by Crippen LogP contribution is 2.31. The zero-order valence-corrected chi connectivity index (χ0v) is 21.2. The number of hydrogen-bond donors (Lipinski definition) is 3. The SMILES string of the molecule is CCOC(=O)N1CCN(c2ccc(C(=O)O)cc2NS(=O)(=O)c2cccc(C)c2)CC1.O=C(O)C(F)(F)F. The Labute approximate surface area is 216 Å². The first kappa shape index (κ1) is 30.2. The summed E-state index contributed by atoms with van der Waals surface area (Å²) in [5.74, 6) is -3.91. The number of aromatic carboxylic acids is 1. The number of hydrogen-bond acceptors (Lipinski definition) is 7. The number of nitrogens with one attached hydrogen (secondary N) is 1. The number of carbonyl (C=O) groups excluding carboxylic acids is 1. The molecule has 3 rings (SSSR count). The quantitative estimate of drug-likeness (QED) is 0.482. The van der Waals surface area contributed by atoms with E-state index in [0.29, 0.717) is 38.5 Å². The molecule has 2 aromatic rings. The van der Waals surface area contributed by atoms with E-state index in [0.717, 1.165) is 5.56 Å². The minimum Gasteiger partial charge on any atom is -0.478 e. The molecule has 38 heavy (non-hydrogen) atoms. The molecular weight excluding hydrogens is 535 g/mol. The Morgan fingerprint density at radius 1 is 1.03 bits per heavy atom. The van der Waals surface area contributed by atoms with Gasteiger partial charge in [-0.15, -0.1) is 0 Å². The summed E-state index contributed by atoms with van der Waals surface area (Å²) in [5, 5.41) is 16.5. The minimum absolute atomic E-state index is 0.0316. The number of alkyl halides is 3. The molecule has 0 aliphatic carbocycles. The maximum atomic E-state index is 12.9. The van der Waals surface area contributed by atoms with Crippen molar-refractivity contribution in [2.75, 3.05) is 42.4 Å². The van der Waals surface area contributed by atoms with Gasteiger partial charge < -0.3 is 24.7 Å². The number of benzene rings is 2. The molecule has 0 radical (unpaired) electrons. The van der Waals surface area contributed by atoms with Gasteiger partial charge in [0.05, 0.1) is 28.4 Å². The Morgan fingerprint density at radius 2 is 1.63 bits per heavy atom. The van der Waals surface area contributed by atoms with Crippen LogP contribution in [0.4, 0.5) is 29.3 Å². The van der Waals surface area contributed by atoms with Gasteiger partial charge in [0.1, 0.15) is 0 Å². The smallest absolute Gasteiger partial charge is 0.478 e. The molecule has 2 aromatic carbocycles. The summed E-state index contributed by atoms with van der Waals surface area (Å²) < 4.78 is 65.2. The van der Waals surface area contributed by atoms with Gasteiger partial charge in [-0.1, -0.05) is 12.1 Å². The van der Waals surface area contributed by atoms with Crippen molar-refractivity contribution in [1.29, 1.82) is 0 Å². The van der Waals surface area contributed by atoms with Crippen molar-refractivity contribution >= 4 is 39.4 Å². The van der Waals surface area contributed by atoms with E-state index in [9.17, 15) is 36.3 Å². The van der Waals surface area contributed by atoms with Crippen molar-refractivity contribution < 1.29 is 50.9 Å². The van der Waals surface area contributed by atoms with Crippen LogP contribution in [0.2, 0.25) is 0 Å². The number of carboxylic acids is 2. The lowest BCUT2D eigenvalue weighted by Gasteiger charge is -2.36. The maximum absolute atomic E-state index is 12.9. The molecule has 0 aromatic heterocycles. The van der Waals surface area contributed by atoms with Gasteiger partial charge in [-0.05, 0) is 49.7 Å². The number of amides is 1. The number of anilines is 2. The topological polar surface area (TPSA) is 154 Å². The van der Waals surface area contributed by atoms with Crippen molar-refractivity contribution in [2.45, 2.75) is 24.9 Å². The van der Waals surface area contributed by atoms with Gasteiger partial charge in [0, 0.05) is 26.2 Å². The van der Waals surface area contributed by atoms with Crippen LogP contribution < -0.4 is 9.62 Å². The summed E-state index contributed by atoms with van der Waals surface area (Å²) in [6, 6.07) is 10.8. The number of rotatable bonds is 6. The van der Waals surface area contributed by atoms with Crippen molar-refractivity contribution in [3.8, 4) is 0 Å². The summed E-state index contributed by atoms with van der Waals surface area (Å²) in [4.78, 5) is 35.9. The van der Waals surface area contributed by atoms with E-state index >= 15 is 0 Å². The molecule has 1 fully saturated rings. The summed E-state index contributed by atoms with van der Waals surface area (Å²) >= 11 is 0. The van der Waals surface area contributed by atoms with Crippen LogP contribution in [0.5, 0.6) is 0 Å². The van der Waals surface area contributed by atoms with Crippen molar-refractivity contribution in [3.63, 3.8) is 0 Å². The van der Waals surface area contributed by atoms with Crippen molar-refractivity contribution in [3.05, 3.63) is 53.6 Å². The number of carbonyl (C=O) groups is 3. The van der Waals surface area contributed by atoms with Gasteiger partial charge >= 0.3 is 24.2 Å². The maximum Gasteiger partial charge on any atom is 0.490 e. The van der Waals surface area contributed by atoms with E-state index in [1.807, 2.05) is 4.90 Å². The zero-order chi connectivity index (χ0) is 28.7. The molecule has 0 unspecified atom stereocenters. The van der Waals surface area contributed by atoms with Gasteiger partial charge in [0.15, 0.2) is 0 Å². The molecule has 1 aliphatic rings. The molecule has 3 N–H and O–H groups in total. The highest BCUT2D eigenvalue weighted by atomic mass is 32.2.